The number of amides is 3. The average Bonchev–Trinajstić information content (AvgIpc) is 3.18. The quantitative estimate of drug-likeness (QED) is 0.482. The lowest BCUT2D eigenvalue weighted by atomic mass is 10.1. The Balaban J connectivity index is 1.81. The van der Waals surface area contributed by atoms with Crippen molar-refractivity contribution in [2.75, 3.05) is 7.11 Å². The van der Waals surface area contributed by atoms with E-state index in [0.717, 1.165) is 4.90 Å². The largest absolute Gasteiger partial charge is 0.507 e. The van der Waals surface area contributed by atoms with Crippen LogP contribution in [0.15, 0.2) is 40.4 Å². The van der Waals surface area contributed by atoms with E-state index in [0.29, 0.717) is 5.02 Å². The van der Waals surface area contributed by atoms with Gasteiger partial charge >= 0.3 is 12.0 Å². The van der Waals surface area contributed by atoms with Gasteiger partial charge in [-0.2, -0.15) is 0 Å². The third kappa shape index (κ3) is 3.40. The number of nitrogens with one attached hydrogen (secondary N) is 1. The van der Waals surface area contributed by atoms with Crippen LogP contribution in [-0.2, 0) is 16.1 Å². The highest BCUT2D eigenvalue weighted by atomic mass is 35.5. The SMILES string of the molecule is COC(=O)c1ccc(CN2C(=O)N/C(=C\c3cc(Cl)ccc3O)C2=O)o1. The number of nitrogens with zero attached hydrogens (tertiary/aromatic N) is 1. The lowest BCUT2D eigenvalue weighted by Gasteiger charge is -2.09. The van der Waals surface area contributed by atoms with Gasteiger partial charge in [0.2, 0.25) is 5.76 Å². The number of furan rings is 1. The Bertz CT molecular complexity index is 933. The Morgan fingerprint density at radius 2 is 2.12 bits per heavy atom. The van der Waals surface area contributed by atoms with Crippen LogP contribution in [0.1, 0.15) is 21.9 Å². The van der Waals surface area contributed by atoms with Crippen molar-refractivity contribution >= 4 is 35.6 Å². The van der Waals surface area contributed by atoms with Crippen LogP contribution < -0.4 is 5.32 Å². The fourth-order valence-electron chi connectivity index (χ4n) is 2.34. The molecule has 1 aliphatic rings. The highest BCUT2D eigenvalue weighted by Crippen LogP contribution is 2.25. The number of esters is 1. The number of ether oxygens (including phenoxy) is 1. The summed E-state index contributed by atoms with van der Waals surface area (Å²) in [5.74, 6) is -1.15. The average molecular weight is 377 g/mol. The van der Waals surface area contributed by atoms with Gasteiger partial charge in [0.15, 0.2) is 0 Å². The lowest BCUT2D eigenvalue weighted by Crippen LogP contribution is -2.30. The van der Waals surface area contributed by atoms with Crippen molar-refractivity contribution < 1.29 is 28.6 Å². The first-order valence-corrected chi connectivity index (χ1v) is 7.77. The number of imide groups is 1. The summed E-state index contributed by atoms with van der Waals surface area (Å²) >= 11 is 5.87. The number of phenols is 1. The summed E-state index contributed by atoms with van der Waals surface area (Å²) in [5, 5.41) is 12.6. The van der Waals surface area contributed by atoms with Gasteiger partial charge in [0.05, 0.1) is 13.7 Å². The lowest BCUT2D eigenvalue weighted by molar-refractivity contribution is -0.123. The molecule has 2 aromatic rings. The fourth-order valence-corrected chi connectivity index (χ4v) is 2.52. The minimum Gasteiger partial charge on any atom is -0.507 e. The molecule has 2 N–H and O–H groups in total. The van der Waals surface area contributed by atoms with Gasteiger partial charge in [0, 0.05) is 10.6 Å². The van der Waals surface area contributed by atoms with Gasteiger partial charge in [-0.15, -0.1) is 0 Å². The Morgan fingerprint density at radius 3 is 2.85 bits per heavy atom. The Labute approximate surface area is 152 Å². The molecule has 0 aliphatic carbocycles. The zero-order valence-electron chi connectivity index (χ0n) is 13.5. The van der Waals surface area contributed by atoms with Crippen molar-refractivity contribution in [1.29, 1.82) is 0 Å². The molecule has 0 radical (unpaired) electrons. The van der Waals surface area contributed by atoms with Gasteiger partial charge in [-0.3, -0.25) is 9.69 Å². The van der Waals surface area contributed by atoms with Crippen LogP contribution in [0.4, 0.5) is 4.79 Å². The molecule has 0 bridgehead atoms. The summed E-state index contributed by atoms with van der Waals surface area (Å²) in [5.41, 5.74) is 0.265. The van der Waals surface area contributed by atoms with Gasteiger partial charge in [-0.25, -0.2) is 9.59 Å². The van der Waals surface area contributed by atoms with E-state index in [1.165, 1.54) is 43.5 Å². The summed E-state index contributed by atoms with van der Waals surface area (Å²) in [6.45, 7) is -0.166. The number of benzene rings is 1. The summed E-state index contributed by atoms with van der Waals surface area (Å²) in [6.07, 6.45) is 1.32. The van der Waals surface area contributed by atoms with Crippen molar-refractivity contribution in [1.82, 2.24) is 10.2 Å². The first-order valence-electron chi connectivity index (χ1n) is 7.39. The van der Waals surface area contributed by atoms with Gasteiger partial charge in [0.1, 0.15) is 17.2 Å². The van der Waals surface area contributed by atoms with Crippen LogP contribution in [0.25, 0.3) is 6.08 Å². The molecule has 1 aliphatic heterocycles. The Kier molecular flexibility index (Phi) is 4.68. The predicted octanol–water partition coefficient (Wildman–Crippen LogP) is 2.52. The summed E-state index contributed by atoms with van der Waals surface area (Å²) in [7, 11) is 1.21. The van der Waals surface area contributed by atoms with Crippen LogP contribution >= 0.6 is 11.6 Å². The van der Waals surface area contributed by atoms with Crippen LogP contribution in [0.2, 0.25) is 5.02 Å². The van der Waals surface area contributed by atoms with E-state index in [9.17, 15) is 19.5 Å². The number of phenolic OH excluding ortho intramolecular Hbond substituents is 1. The van der Waals surface area contributed by atoms with Gasteiger partial charge in [0.25, 0.3) is 5.91 Å². The van der Waals surface area contributed by atoms with E-state index in [4.69, 9.17) is 16.0 Å². The summed E-state index contributed by atoms with van der Waals surface area (Å²) in [4.78, 5) is 36.8. The molecule has 0 unspecified atom stereocenters. The molecule has 1 fully saturated rings. The molecule has 26 heavy (non-hydrogen) atoms. The number of carbonyl (C=O) groups is 3. The second kappa shape index (κ2) is 6.93. The number of hydrogen-bond donors (Lipinski definition) is 2. The van der Waals surface area contributed by atoms with E-state index in [1.807, 2.05) is 0 Å². The predicted molar refractivity (Wildman–Crippen MR) is 90.2 cm³/mol. The zero-order chi connectivity index (χ0) is 18.8. The Morgan fingerprint density at radius 1 is 1.35 bits per heavy atom. The van der Waals surface area contributed by atoms with E-state index in [2.05, 4.69) is 10.1 Å². The molecule has 134 valence electrons. The standard InChI is InChI=1S/C17H13ClN2O6/c1-25-16(23)14-5-3-11(26-14)8-20-15(22)12(19-17(20)24)7-9-6-10(18)2-4-13(9)21/h2-7,21H,8H2,1H3,(H,19,24)/b12-7-. The number of rotatable bonds is 4. The molecule has 0 atom stereocenters. The zero-order valence-corrected chi connectivity index (χ0v) is 14.2. The number of hydrogen-bond acceptors (Lipinski definition) is 6. The topological polar surface area (TPSA) is 109 Å². The molecule has 3 rings (SSSR count). The molecule has 8 nitrogen and oxygen atoms in total. The van der Waals surface area contributed by atoms with E-state index in [1.54, 1.807) is 0 Å². The summed E-state index contributed by atoms with van der Waals surface area (Å²) < 4.78 is 9.79. The molecule has 0 spiro atoms. The highest BCUT2D eigenvalue weighted by molar-refractivity contribution is 6.30. The summed E-state index contributed by atoms with van der Waals surface area (Å²) in [6, 6.07) is 6.54. The van der Waals surface area contributed by atoms with Crippen LogP contribution in [-0.4, -0.2) is 35.0 Å². The third-order valence-corrected chi connectivity index (χ3v) is 3.85. The van der Waals surface area contributed by atoms with Crippen molar-refractivity contribution in [2.24, 2.45) is 0 Å². The van der Waals surface area contributed by atoms with Crippen molar-refractivity contribution in [3.8, 4) is 5.75 Å². The van der Waals surface area contributed by atoms with E-state index < -0.39 is 17.9 Å². The van der Waals surface area contributed by atoms with Gasteiger partial charge < -0.3 is 19.6 Å². The van der Waals surface area contributed by atoms with E-state index >= 15 is 0 Å². The number of aromatic hydroxyl groups is 1. The monoisotopic (exact) mass is 376 g/mol. The number of carbonyl (C=O) groups excluding carboxylic acids is 3. The molecule has 2 heterocycles. The second-order valence-corrected chi connectivity index (χ2v) is 5.78. The maximum absolute atomic E-state index is 12.4. The van der Waals surface area contributed by atoms with Gasteiger partial charge in [-0.05, 0) is 36.4 Å². The number of methoxy groups -OCH3 is 1. The minimum atomic E-state index is -0.662. The molecular formula is C17H13ClN2O6. The minimum absolute atomic E-state index is 0.0210. The molecule has 1 aromatic heterocycles. The van der Waals surface area contributed by atoms with Crippen molar-refractivity contribution in [2.45, 2.75) is 6.54 Å². The third-order valence-electron chi connectivity index (χ3n) is 3.61. The second-order valence-electron chi connectivity index (χ2n) is 5.34. The molecule has 9 heteroatoms. The maximum atomic E-state index is 12.4. The van der Waals surface area contributed by atoms with Crippen LogP contribution in [0, 0.1) is 0 Å². The van der Waals surface area contributed by atoms with Crippen LogP contribution in [0.3, 0.4) is 0 Å². The molecule has 1 aromatic carbocycles. The normalized spacial score (nSPS) is 15.5. The first-order chi connectivity index (χ1) is 12.4. The van der Waals surface area contributed by atoms with Gasteiger partial charge in [-0.1, -0.05) is 11.6 Å². The van der Waals surface area contributed by atoms with E-state index in [-0.39, 0.29) is 35.1 Å². The highest BCUT2D eigenvalue weighted by Gasteiger charge is 2.34. The maximum Gasteiger partial charge on any atom is 0.373 e. The molecule has 3 amide bonds. The smallest absolute Gasteiger partial charge is 0.373 e. The number of halogens is 1. The fraction of sp³-hybridized carbons (Fsp3) is 0.118. The molecule has 1 saturated heterocycles. The molecule has 0 saturated carbocycles. The first kappa shape index (κ1) is 17.6. The Hall–Kier alpha value is -3.26. The van der Waals surface area contributed by atoms with Crippen molar-refractivity contribution in [3.05, 3.63) is 58.1 Å². The number of urea groups is 1. The molecular weight excluding hydrogens is 364 g/mol. The van der Waals surface area contributed by atoms with Crippen molar-refractivity contribution in [3.63, 3.8) is 0 Å². The van der Waals surface area contributed by atoms with Crippen LogP contribution in [0.5, 0.6) is 5.75 Å².